The van der Waals surface area contributed by atoms with E-state index in [9.17, 15) is 0 Å². The fourth-order valence-electron chi connectivity index (χ4n) is 2.69. The molecule has 0 aliphatic heterocycles. The van der Waals surface area contributed by atoms with Crippen molar-refractivity contribution in [3.8, 4) is 11.1 Å². The smallest absolute Gasteiger partial charge is 0.0253 e. The molecule has 0 radical (unpaired) electrons. The minimum atomic E-state index is 0. The van der Waals surface area contributed by atoms with Crippen LogP contribution < -0.4 is 24.8 Å². The molecule has 0 saturated carbocycles. The molecule has 0 fully saturated rings. The van der Waals surface area contributed by atoms with Gasteiger partial charge in [-0.3, -0.25) is 0 Å². The van der Waals surface area contributed by atoms with Crippen LogP contribution in [0.5, 0.6) is 0 Å². The Bertz CT molecular complexity index is 695. The summed E-state index contributed by atoms with van der Waals surface area (Å²) < 4.78 is 2.09. The average Bonchev–Trinajstić information content (AvgIpc) is 3.17. The Kier molecular flexibility index (Phi) is 12.0. The maximum atomic E-state index is 3.45. The average molecular weight is 449 g/mol. The van der Waals surface area contributed by atoms with Gasteiger partial charge in [0.2, 0.25) is 0 Å². The second-order valence-electron chi connectivity index (χ2n) is 5.62. The van der Waals surface area contributed by atoms with E-state index in [4.69, 9.17) is 0 Å². The third kappa shape index (κ3) is 7.10. The first-order valence-corrected chi connectivity index (χ1v) is 9.31. The Morgan fingerprint density at radius 3 is 2.16 bits per heavy atom. The zero-order chi connectivity index (χ0) is 16.7. The van der Waals surface area contributed by atoms with Gasteiger partial charge in [0.15, 0.2) is 0 Å². The van der Waals surface area contributed by atoms with Gasteiger partial charge >= 0.3 is 34.9 Å². The van der Waals surface area contributed by atoms with Crippen LogP contribution >= 0.6 is 0 Å². The van der Waals surface area contributed by atoms with Crippen LogP contribution in [0.3, 0.4) is 0 Å². The van der Waals surface area contributed by atoms with Crippen molar-refractivity contribution in [2.75, 3.05) is 0 Å². The molecule has 0 N–H and O–H groups in total. The predicted molar refractivity (Wildman–Crippen MR) is 96.8 cm³/mol. The van der Waals surface area contributed by atoms with Crippen molar-refractivity contribution < 1.29 is 49.0 Å². The predicted octanol–water partition coefficient (Wildman–Crippen LogP) is -0.556. The van der Waals surface area contributed by atoms with Gasteiger partial charge in [0.25, 0.3) is 0 Å². The van der Waals surface area contributed by atoms with Crippen LogP contribution in [0.15, 0.2) is 60.7 Å². The van der Waals surface area contributed by atoms with E-state index in [1.54, 1.807) is 0 Å². The number of halogens is 2. The van der Waals surface area contributed by atoms with Crippen molar-refractivity contribution in [1.82, 2.24) is 0 Å². The maximum Gasteiger partial charge on any atom is -0.0253 e. The molecule has 0 unspecified atom stereocenters. The standard InChI is InChI=1S/C15H13.C5H5.C2H4.2ClH.Zr/c1-10-3-5-14-12(7-10)9-13-8-11(2)4-6-15(13)14;1-2-4-5-3-1;1-2;;;/h3-7H,9H2,1-2H3;1-5H;1H,2H3;2*1H;/q2*-1;;;;+2/p-2. The van der Waals surface area contributed by atoms with Crippen LogP contribution in [0.1, 0.15) is 29.2 Å². The molecular weight excluding hydrogens is 426 g/mol. The quantitative estimate of drug-likeness (QED) is 0.317. The number of rotatable bonds is 0. The third-order valence-corrected chi connectivity index (χ3v) is 3.65. The molecule has 0 bridgehead atoms. The Labute approximate surface area is 179 Å². The Hall–Kier alpha value is -0.877. The van der Waals surface area contributed by atoms with Gasteiger partial charge in [-0.2, -0.15) is 42.0 Å². The Balaban J connectivity index is 0.000000490. The summed E-state index contributed by atoms with van der Waals surface area (Å²) in [7, 11) is 0. The third-order valence-electron chi connectivity index (χ3n) is 3.65. The van der Waals surface area contributed by atoms with E-state index >= 15 is 0 Å². The molecule has 0 aromatic heterocycles. The summed E-state index contributed by atoms with van der Waals surface area (Å²) in [5.74, 6) is 0. The normalized spacial score (nSPS) is 9.64. The number of fused-ring (bicyclic) bond motifs is 3. The second kappa shape index (κ2) is 12.5. The van der Waals surface area contributed by atoms with Gasteiger partial charge in [-0.05, 0) is 18.9 Å². The number of aryl methyl sites for hydroxylation is 2. The number of benzene rings is 2. The fraction of sp³-hybridized carbons (Fsp3) is 0.182. The van der Waals surface area contributed by atoms with E-state index in [1.807, 2.05) is 37.3 Å². The zero-order valence-corrected chi connectivity index (χ0v) is 18.8. The first kappa shape index (κ1) is 24.1. The fourth-order valence-corrected chi connectivity index (χ4v) is 2.69. The molecule has 4 rings (SSSR count). The molecule has 0 nitrogen and oxygen atoms in total. The summed E-state index contributed by atoms with van der Waals surface area (Å²) in [6, 6.07) is 24.5. The topological polar surface area (TPSA) is 0 Å². The minimum absolute atomic E-state index is 0. The van der Waals surface area contributed by atoms with Crippen molar-refractivity contribution in [3.05, 3.63) is 89.0 Å². The second-order valence-corrected chi connectivity index (χ2v) is 7.04. The molecule has 0 atom stereocenters. The van der Waals surface area contributed by atoms with Crippen LogP contribution in [0.4, 0.5) is 0 Å². The van der Waals surface area contributed by atoms with Gasteiger partial charge < -0.3 is 24.8 Å². The summed E-state index contributed by atoms with van der Waals surface area (Å²) in [6.45, 7) is 6.30. The summed E-state index contributed by atoms with van der Waals surface area (Å²) >= 11 is 1.51. The van der Waals surface area contributed by atoms with Crippen molar-refractivity contribution in [2.45, 2.75) is 27.2 Å². The van der Waals surface area contributed by atoms with Crippen LogP contribution in [-0.4, -0.2) is 3.71 Å². The summed E-state index contributed by atoms with van der Waals surface area (Å²) in [5.41, 5.74) is 8.15. The van der Waals surface area contributed by atoms with E-state index < -0.39 is 0 Å². The minimum Gasteiger partial charge on any atom is -1.00 e. The molecule has 3 aromatic rings. The first-order chi connectivity index (χ1) is 11.2. The maximum absolute atomic E-state index is 3.45. The molecular formula is C22H22Cl2Zr-2. The van der Waals surface area contributed by atoms with Gasteiger partial charge in [-0.25, -0.2) is 12.1 Å². The van der Waals surface area contributed by atoms with Crippen LogP contribution in [0, 0.1) is 19.9 Å². The van der Waals surface area contributed by atoms with Gasteiger partial charge in [-0.1, -0.05) is 36.2 Å². The van der Waals surface area contributed by atoms with Gasteiger partial charge in [0.05, 0.1) is 0 Å². The van der Waals surface area contributed by atoms with E-state index in [0.717, 1.165) is 6.42 Å². The Morgan fingerprint density at radius 1 is 1.00 bits per heavy atom. The Morgan fingerprint density at radius 2 is 1.60 bits per heavy atom. The number of hydrogen-bond donors (Lipinski definition) is 0. The largest absolute Gasteiger partial charge is 1.00 e. The molecule has 3 heteroatoms. The molecule has 130 valence electrons. The zero-order valence-electron chi connectivity index (χ0n) is 14.8. The molecule has 1 aliphatic carbocycles. The van der Waals surface area contributed by atoms with E-state index in [-0.39, 0.29) is 24.8 Å². The van der Waals surface area contributed by atoms with Crippen molar-refractivity contribution in [2.24, 2.45) is 0 Å². The monoisotopic (exact) mass is 446 g/mol. The molecule has 3 aromatic carbocycles. The van der Waals surface area contributed by atoms with Crippen molar-refractivity contribution in [3.63, 3.8) is 0 Å². The summed E-state index contributed by atoms with van der Waals surface area (Å²) in [6.07, 6.45) is 1.05. The van der Waals surface area contributed by atoms with Crippen LogP contribution in [0.2, 0.25) is 0 Å². The van der Waals surface area contributed by atoms with Crippen LogP contribution in [0.25, 0.3) is 11.1 Å². The SMILES string of the molecule is C[CH]=[Zr+2].Cc1[c-]c2c(cc1)-c1ccc(C)cc1C2.[Cl-].[Cl-].c1cc[cH-]c1. The first-order valence-electron chi connectivity index (χ1n) is 7.89. The van der Waals surface area contributed by atoms with Crippen molar-refractivity contribution in [1.29, 1.82) is 0 Å². The molecule has 25 heavy (non-hydrogen) atoms. The van der Waals surface area contributed by atoms with E-state index in [2.05, 4.69) is 54.0 Å². The molecule has 0 amide bonds. The van der Waals surface area contributed by atoms with Gasteiger partial charge in [0.1, 0.15) is 0 Å². The van der Waals surface area contributed by atoms with E-state index in [0.29, 0.717) is 0 Å². The number of hydrogen-bond acceptors (Lipinski definition) is 0. The molecule has 0 heterocycles. The molecule has 1 aliphatic rings. The van der Waals surface area contributed by atoms with E-state index in [1.165, 1.54) is 57.6 Å². The van der Waals surface area contributed by atoms with Crippen molar-refractivity contribution >= 4 is 3.71 Å². The molecule has 0 spiro atoms. The van der Waals surface area contributed by atoms with Crippen LogP contribution in [-0.2, 0) is 30.7 Å². The molecule has 0 saturated heterocycles. The summed E-state index contributed by atoms with van der Waals surface area (Å²) in [5, 5.41) is 0. The van der Waals surface area contributed by atoms with Gasteiger partial charge in [0, 0.05) is 0 Å². The summed E-state index contributed by atoms with van der Waals surface area (Å²) in [4.78, 5) is 0. The van der Waals surface area contributed by atoms with Gasteiger partial charge in [-0.15, -0.1) is 11.1 Å².